The molecular formula is C17H24N2O. The average Bonchev–Trinajstić information content (AvgIpc) is 2.49. The van der Waals surface area contributed by atoms with Crippen LogP contribution in [0.3, 0.4) is 0 Å². The van der Waals surface area contributed by atoms with Crippen LogP contribution in [0.2, 0.25) is 0 Å². The Hall–Kier alpha value is -1.09. The molecule has 3 atom stereocenters. The first-order valence-corrected chi connectivity index (χ1v) is 8.26. The maximum absolute atomic E-state index is 12.3. The molecule has 3 aliphatic rings. The van der Waals surface area contributed by atoms with Crippen molar-refractivity contribution in [2.75, 3.05) is 13.1 Å². The Morgan fingerprint density at radius 2 is 2.00 bits per heavy atom. The summed E-state index contributed by atoms with van der Waals surface area (Å²) in [4.78, 5) is 15.0. The van der Waals surface area contributed by atoms with Crippen molar-refractivity contribution < 1.29 is 0 Å². The molecule has 0 radical (unpaired) electrons. The highest BCUT2D eigenvalue weighted by molar-refractivity contribution is 5.29. The van der Waals surface area contributed by atoms with Crippen LogP contribution in [-0.2, 0) is 13.0 Å². The van der Waals surface area contributed by atoms with Gasteiger partial charge in [0.05, 0.1) is 0 Å². The minimum Gasteiger partial charge on any atom is -0.312 e. The zero-order valence-electron chi connectivity index (χ0n) is 12.3. The maximum Gasteiger partial charge on any atom is 0.250 e. The fourth-order valence-corrected chi connectivity index (χ4v) is 5.00. The van der Waals surface area contributed by atoms with Crippen molar-refractivity contribution in [1.29, 1.82) is 0 Å². The summed E-state index contributed by atoms with van der Waals surface area (Å²) >= 11 is 0. The molecule has 0 bridgehead atoms. The number of hydrogen-bond donors (Lipinski definition) is 0. The highest BCUT2D eigenvalue weighted by Crippen LogP contribution is 2.44. The first-order chi connectivity index (χ1) is 9.79. The quantitative estimate of drug-likeness (QED) is 0.784. The van der Waals surface area contributed by atoms with Gasteiger partial charge in [-0.2, -0.15) is 0 Å². The third-order valence-corrected chi connectivity index (χ3v) is 5.76. The third kappa shape index (κ3) is 1.72. The summed E-state index contributed by atoms with van der Waals surface area (Å²) in [5.74, 6) is 1.30. The van der Waals surface area contributed by atoms with Crippen LogP contribution in [0, 0.1) is 5.92 Å². The van der Waals surface area contributed by atoms with Crippen LogP contribution in [-0.4, -0.2) is 28.6 Å². The number of rotatable bonds is 1. The van der Waals surface area contributed by atoms with Gasteiger partial charge in [0, 0.05) is 30.3 Å². The van der Waals surface area contributed by atoms with Crippen LogP contribution in [0.5, 0.6) is 0 Å². The molecule has 2 fully saturated rings. The van der Waals surface area contributed by atoms with Gasteiger partial charge in [0.15, 0.2) is 0 Å². The van der Waals surface area contributed by atoms with Crippen molar-refractivity contribution in [1.82, 2.24) is 9.47 Å². The highest BCUT2D eigenvalue weighted by Gasteiger charge is 2.44. The van der Waals surface area contributed by atoms with E-state index < -0.39 is 0 Å². The summed E-state index contributed by atoms with van der Waals surface area (Å²) in [6, 6.07) is 4.58. The first kappa shape index (κ1) is 12.6. The second kappa shape index (κ2) is 4.73. The van der Waals surface area contributed by atoms with Crippen LogP contribution >= 0.6 is 0 Å². The van der Waals surface area contributed by atoms with Crippen molar-refractivity contribution in [3.05, 3.63) is 33.7 Å². The Kier molecular flexibility index (Phi) is 2.99. The number of nitrogens with zero attached hydrogens (tertiary/aromatic N) is 2. The smallest absolute Gasteiger partial charge is 0.250 e. The molecule has 0 aromatic carbocycles. The Morgan fingerprint density at radius 1 is 1.20 bits per heavy atom. The summed E-state index contributed by atoms with van der Waals surface area (Å²) < 4.78 is 2.12. The number of piperidine rings is 2. The van der Waals surface area contributed by atoms with Gasteiger partial charge in [-0.15, -0.1) is 0 Å². The van der Waals surface area contributed by atoms with Gasteiger partial charge in [0.2, 0.25) is 0 Å². The monoisotopic (exact) mass is 272 g/mol. The molecular weight excluding hydrogens is 248 g/mol. The van der Waals surface area contributed by atoms with Crippen LogP contribution in [0.4, 0.5) is 0 Å². The molecule has 3 heteroatoms. The van der Waals surface area contributed by atoms with E-state index in [1.165, 1.54) is 50.0 Å². The van der Waals surface area contributed by atoms with E-state index in [1.54, 1.807) is 6.07 Å². The Labute approximate surface area is 120 Å². The van der Waals surface area contributed by atoms with E-state index in [2.05, 4.69) is 22.5 Å². The average molecular weight is 272 g/mol. The van der Waals surface area contributed by atoms with Crippen LogP contribution in [0.1, 0.15) is 49.8 Å². The Bertz CT molecular complexity index is 575. The highest BCUT2D eigenvalue weighted by atomic mass is 16.1. The van der Waals surface area contributed by atoms with E-state index >= 15 is 0 Å². The van der Waals surface area contributed by atoms with Gasteiger partial charge in [-0.05, 0) is 56.7 Å². The molecule has 108 valence electrons. The molecule has 4 heterocycles. The lowest BCUT2D eigenvalue weighted by atomic mass is 9.71. The normalized spacial score (nSPS) is 32.5. The molecule has 3 aliphatic heterocycles. The van der Waals surface area contributed by atoms with E-state index in [-0.39, 0.29) is 5.56 Å². The van der Waals surface area contributed by atoms with Crippen molar-refractivity contribution >= 4 is 0 Å². The first-order valence-electron chi connectivity index (χ1n) is 8.26. The number of aryl methyl sites for hydroxylation is 1. The summed E-state index contributed by atoms with van der Waals surface area (Å²) in [6.45, 7) is 5.72. The van der Waals surface area contributed by atoms with E-state index in [4.69, 9.17) is 0 Å². The molecule has 0 amide bonds. The van der Waals surface area contributed by atoms with Gasteiger partial charge < -0.3 is 4.57 Å². The van der Waals surface area contributed by atoms with E-state index in [9.17, 15) is 4.79 Å². The minimum absolute atomic E-state index is 0.221. The van der Waals surface area contributed by atoms with Gasteiger partial charge in [0.25, 0.3) is 5.56 Å². The second-order valence-electron chi connectivity index (χ2n) is 6.72. The topological polar surface area (TPSA) is 25.2 Å². The van der Waals surface area contributed by atoms with Crippen molar-refractivity contribution in [2.45, 2.75) is 57.5 Å². The standard InChI is InChI=1S/C17H24N2O/c1-2-12-7-8-15(20)19-11-13-5-3-9-18-10-4-6-14(16(13)18)17(12)19/h7-8,13-14,16H,2-6,9-11H2,1H3/t13-,14-,16-/m0/s1. The van der Waals surface area contributed by atoms with Gasteiger partial charge in [-0.3, -0.25) is 9.69 Å². The van der Waals surface area contributed by atoms with Crippen LogP contribution < -0.4 is 5.56 Å². The van der Waals surface area contributed by atoms with E-state index in [0.29, 0.717) is 17.9 Å². The van der Waals surface area contributed by atoms with Gasteiger partial charge in [-0.25, -0.2) is 0 Å². The number of fused-ring (bicyclic) bond motifs is 2. The fraction of sp³-hybridized carbons (Fsp3) is 0.706. The number of pyridine rings is 1. The van der Waals surface area contributed by atoms with Crippen LogP contribution in [0.25, 0.3) is 0 Å². The summed E-state index contributed by atoms with van der Waals surface area (Å²) in [5, 5.41) is 0. The van der Waals surface area contributed by atoms with Gasteiger partial charge >= 0.3 is 0 Å². The number of hydrogen-bond acceptors (Lipinski definition) is 2. The summed E-state index contributed by atoms with van der Waals surface area (Å²) in [7, 11) is 0. The van der Waals surface area contributed by atoms with E-state index in [1.807, 2.05) is 0 Å². The molecule has 1 aromatic heterocycles. The largest absolute Gasteiger partial charge is 0.312 e. The predicted molar refractivity (Wildman–Crippen MR) is 80.1 cm³/mol. The Balaban J connectivity index is 1.88. The summed E-state index contributed by atoms with van der Waals surface area (Å²) in [5.41, 5.74) is 3.01. The maximum atomic E-state index is 12.3. The number of aromatic nitrogens is 1. The molecule has 0 unspecified atom stereocenters. The zero-order chi connectivity index (χ0) is 13.7. The van der Waals surface area contributed by atoms with Crippen molar-refractivity contribution in [2.24, 2.45) is 5.92 Å². The molecule has 0 spiro atoms. The molecule has 0 N–H and O–H groups in total. The van der Waals surface area contributed by atoms with E-state index in [0.717, 1.165) is 13.0 Å². The fourth-order valence-electron chi connectivity index (χ4n) is 5.00. The lowest BCUT2D eigenvalue weighted by Gasteiger charge is -2.52. The SMILES string of the molecule is CCc1ccc(=O)n2c1[C@H]1CCCN3CCC[C@@H](C2)[C@@H]13. The predicted octanol–water partition coefficient (Wildman–Crippen LogP) is 2.38. The molecule has 0 saturated carbocycles. The minimum atomic E-state index is 0.221. The zero-order valence-corrected chi connectivity index (χ0v) is 12.3. The second-order valence-corrected chi connectivity index (χ2v) is 6.72. The third-order valence-electron chi connectivity index (χ3n) is 5.76. The molecule has 0 aliphatic carbocycles. The summed E-state index contributed by atoms with van der Waals surface area (Å²) in [6.07, 6.45) is 6.23. The lowest BCUT2D eigenvalue weighted by molar-refractivity contribution is 0.0176. The van der Waals surface area contributed by atoms with Crippen molar-refractivity contribution in [3.63, 3.8) is 0 Å². The molecule has 20 heavy (non-hydrogen) atoms. The lowest BCUT2D eigenvalue weighted by Crippen LogP contribution is -2.56. The van der Waals surface area contributed by atoms with Gasteiger partial charge in [-0.1, -0.05) is 13.0 Å². The van der Waals surface area contributed by atoms with Gasteiger partial charge in [0.1, 0.15) is 0 Å². The molecule has 4 rings (SSSR count). The molecule has 3 nitrogen and oxygen atoms in total. The van der Waals surface area contributed by atoms with Crippen molar-refractivity contribution in [3.8, 4) is 0 Å². The molecule has 1 aromatic rings. The van der Waals surface area contributed by atoms with Crippen LogP contribution in [0.15, 0.2) is 16.9 Å². The Morgan fingerprint density at radius 3 is 2.80 bits per heavy atom. The molecule has 2 saturated heterocycles.